The van der Waals surface area contributed by atoms with Crippen molar-refractivity contribution in [1.29, 1.82) is 0 Å². The van der Waals surface area contributed by atoms with Crippen molar-refractivity contribution in [1.82, 2.24) is 4.90 Å². The minimum atomic E-state index is -0.304. The topological polar surface area (TPSA) is 46.6 Å². The minimum Gasteiger partial charge on any atom is -0.468 e. The van der Waals surface area contributed by atoms with Crippen molar-refractivity contribution in [2.75, 3.05) is 20.2 Å². The van der Waals surface area contributed by atoms with Crippen molar-refractivity contribution in [3.63, 3.8) is 0 Å². The van der Waals surface area contributed by atoms with Crippen LogP contribution in [-0.2, 0) is 14.3 Å². The number of ether oxygens (including phenoxy) is 1. The molecule has 1 amide bonds. The Morgan fingerprint density at radius 1 is 1.10 bits per heavy atom. The first-order chi connectivity index (χ1) is 10.1. The van der Waals surface area contributed by atoms with Gasteiger partial charge in [0.15, 0.2) is 0 Å². The molecule has 0 N–H and O–H groups in total. The van der Waals surface area contributed by atoms with Crippen molar-refractivity contribution in [3.05, 3.63) is 0 Å². The van der Waals surface area contributed by atoms with Gasteiger partial charge in [0.1, 0.15) is 6.54 Å². The summed E-state index contributed by atoms with van der Waals surface area (Å²) in [6, 6.07) is 0. The number of methoxy groups -OCH3 is 1. The largest absolute Gasteiger partial charge is 0.468 e. The maximum Gasteiger partial charge on any atom is 0.325 e. The van der Waals surface area contributed by atoms with Gasteiger partial charge in [-0.2, -0.15) is 0 Å². The second-order valence-corrected chi connectivity index (χ2v) is 7.50. The van der Waals surface area contributed by atoms with Crippen LogP contribution in [0.4, 0.5) is 0 Å². The zero-order valence-corrected chi connectivity index (χ0v) is 13.3. The lowest BCUT2D eigenvalue weighted by Crippen LogP contribution is -2.55. The maximum absolute atomic E-state index is 13.2. The number of hydrogen-bond acceptors (Lipinski definition) is 3. The summed E-state index contributed by atoms with van der Waals surface area (Å²) in [4.78, 5) is 26.5. The van der Waals surface area contributed by atoms with Crippen LogP contribution in [0.3, 0.4) is 0 Å². The number of carbonyl (C=O) groups excluding carboxylic acids is 2. The SMILES string of the molecule is CCCN(CC(=O)OC)C(=O)C12CC3CC(CC(C3)C1)C2. The van der Waals surface area contributed by atoms with Gasteiger partial charge in [0.05, 0.1) is 12.5 Å². The van der Waals surface area contributed by atoms with E-state index < -0.39 is 0 Å². The highest BCUT2D eigenvalue weighted by Crippen LogP contribution is 2.60. The summed E-state index contributed by atoms with van der Waals surface area (Å²) in [5.74, 6) is 2.18. The van der Waals surface area contributed by atoms with Gasteiger partial charge in [-0.1, -0.05) is 6.92 Å². The summed E-state index contributed by atoms with van der Waals surface area (Å²) in [7, 11) is 1.39. The molecule has 0 aromatic carbocycles. The standard InChI is InChI=1S/C17H27NO3/c1-3-4-18(11-15(19)21-2)16(20)17-8-12-5-13(9-17)7-14(6-12)10-17/h12-14H,3-11H2,1-2H3. The van der Waals surface area contributed by atoms with E-state index in [0.717, 1.165) is 43.4 Å². The molecule has 4 nitrogen and oxygen atoms in total. The smallest absolute Gasteiger partial charge is 0.325 e. The Morgan fingerprint density at radius 3 is 2.05 bits per heavy atom. The highest BCUT2D eigenvalue weighted by atomic mass is 16.5. The molecular weight excluding hydrogens is 266 g/mol. The molecule has 0 heterocycles. The molecule has 4 fully saturated rings. The van der Waals surface area contributed by atoms with Crippen LogP contribution in [0.1, 0.15) is 51.9 Å². The Bertz CT molecular complexity index is 396. The normalized spacial score (nSPS) is 36.6. The molecule has 0 aromatic rings. The van der Waals surface area contributed by atoms with Crippen LogP contribution in [0.25, 0.3) is 0 Å². The van der Waals surface area contributed by atoms with E-state index in [2.05, 4.69) is 6.92 Å². The first-order valence-electron chi connectivity index (χ1n) is 8.42. The molecule has 4 heteroatoms. The third-order valence-electron chi connectivity index (χ3n) is 5.82. The molecule has 0 spiro atoms. The van der Waals surface area contributed by atoms with Crippen molar-refractivity contribution < 1.29 is 14.3 Å². The molecule has 0 radical (unpaired) electrons. The van der Waals surface area contributed by atoms with E-state index in [1.165, 1.54) is 26.4 Å². The molecule has 4 bridgehead atoms. The van der Waals surface area contributed by atoms with Gasteiger partial charge in [-0.3, -0.25) is 9.59 Å². The number of amides is 1. The Labute approximate surface area is 127 Å². The lowest BCUT2D eigenvalue weighted by molar-refractivity contribution is -0.162. The average Bonchev–Trinajstić information content (AvgIpc) is 2.44. The number of carbonyl (C=O) groups is 2. The monoisotopic (exact) mass is 293 g/mol. The predicted molar refractivity (Wildman–Crippen MR) is 79.5 cm³/mol. The van der Waals surface area contributed by atoms with E-state index >= 15 is 0 Å². The Kier molecular flexibility index (Phi) is 3.98. The Morgan fingerprint density at radius 2 is 1.62 bits per heavy atom. The zero-order valence-electron chi connectivity index (χ0n) is 13.3. The van der Waals surface area contributed by atoms with Crippen LogP contribution in [0.2, 0.25) is 0 Å². The minimum absolute atomic E-state index is 0.116. The number of nitrogens with zero attached hydrogens (tertiary/aromatic N) is 1. The lowest BCUT2D eigenvalue weighted by atomic mass is 9.49. The van der Waals surface area contributed by atoms with Crippen molar-refractivity contribution in [3.8, 4) is 0 Å². The third kappa shape index (κ3) is 2.69. The highest BCUT2D eigenvalue weighted by molar-refractivity contribution is 5.86. The molecule has 0 aromatic heterocycles. The van der Waals surface area contributed by atoms with E-state index in [1.54, 1.807) is 4.90 Å². The molecule has 4 saturated carbocycles. The number of hydrogen-bond donors (Lipinski definition) is 0. The van der Waals surface area contributed by atoms with Gasteiger partial charge in [0, 0.05) is 6.54 Å². The van der Waals surface area contributed by atoms with E-state index in [0.29, 0.717) is 6.54 Å². The zero-order chi connectivity index (χ0) is 15.0. The Balaban J connectivity index is 1.77. The summed E-state index contributed by atoms with van der Waals surface area (Å²) in [5.41, 5.74) is -0.155. The third-order valence-corrected chi connectivity index (χ3v) is 5.82. The first-order valence-corrected chi connectivity index (χ1v) is 8.42. The molecule has 4 rings (SSSR count). The molecule has 118 valence electrons. The lowest BCUT2D eigenvalue weighted by Gasteiger charge is -2.56. The van der Waals surface area contributed by atoms with Gasteiger partial charge >= 0.3 is 5.97 Å². The fourth-order valence-electron chi connectivity index (χ4n) is 5.45. The van der Waals surface area contributed by atoms with Gasteiger partial charge in [-0.25, -0.2) is 0 Å². The molecule has 4 aliphatic rings. The quantitative estimate of drug-likeness (QED) is 0.732. The fraction of sp³-hybridized carbons (Fsp3) is 0.882. The second kappa shape index (κ2) is 5.62. The molecule has 4 aliphatic carbocycles. The predicted octanol–water partition coefficient (Wildman–Crippen LogP) is 2.61. The number of esters is 1. The van der Waals surface area contributed by atoms with E-state index in [4.69, 9.17) is 4.74 Å². The van der Waals surface area contributed by atoms with Crippen LogP contribution in [-0.4, -0.2) is 37.0 Å². The van der Waals surface area contributed by atoms with Crippen molar-refractivity contribution >= 4 is 11.9 Å². The van der Waals surface area contributed by atoms with Gasteiger partial charge in [0.25, 0.3) is 0 Å². The van der Waals surface area contributed by atoms with Crippen molar-refractivity contribution in [2.24, 2.45) is 23.2 Å². The molecule has 0 unspecified atom stereocenters. The van der Waals surface area contributed by atoms with Gasteiger partial charge in [-0.15, -0.1) is 0 Å². The van der Waals surface area contributed by atoms with Crippen LogP contribution in [0.5, 0.6) is 0 Å². The van der Waals surface area contributed by atoms with Gasteiger partial charge < -0.3 is 9.64 Å². The fourth-order valence-corrected chi connectivity index (χ4v) is 5.45. The Hall–Kier alpha value is -1.06. The molecular formula is C17H27NO3. The summed E-state index contributed by atoms with van der Waals surface area (Å²) in [6.45, 7) is 2.83. The van der Waals surface area contributed by atoms with E-state index in [1.807, 2.05) is 0 Å². The summed E-state index contributed by atoms with van der Waals surface area (Å²) in [6.07, 6.45) is 8.04. The summed E-state index contributed by atoms with van der Waals surface area (Å²) in [5, 5.41) is 0. The van der Waals surface area contributed by atoms with Crippen LogP contribution in [0.15, 0.2) is 0 Å². The van der Waals surface area contributed by atoms with Gasteiger partial charge in [0.2, 0.25) is 5.91 Å². The second-order valence-electron chi connectivity index (χ2n) is 7.50. The maximum atomic E-state index is 13.2. The molecule has 0 saturated heterocycles. The average molecular weight is 293 g/mol. The van der Waals surface area contributed by atoms with Gasteiger partial charge in [-0.05, 0) is 62.7 Å². The summed E-state index contributed by atoms with van der Waals surface area (Å²) >= 11 is 0. The molecule has 0 aliphatic heterocycles. The highest BCUT2D eigenvalue weighted by Gasteiger charge is 2.55. The van der Waals surface area contributed by atoms with Crippen molar-refractivity contribution in [2.45, 2.75) is 51.9 Å². The van der Waals surface area contributed by atoms with E-state index in [9.17, 15) is 9.59 Å². The molecule has 0 atom stereocenters. The molecule has 21 heavy (non-hydrogen) atoms. The summed E-state index contributed by atoms with van der Waals surface area (Å²) < 4.78 is 4.76. The van der Waals surface area contributed by atoms with Crippen LogP contribution < -0.4 is 0 Å². The van der Waals surface area contributed by atoms with E-state index in [-0.39, 0.29) is 23.8 Å². The van der Waals surface area contributed by atoms with Crippen LogP contribution >= 0.6 is 0 Å². The first kappa shape index (κ1) is 14.9. The van der Waals surface area contributed by atoms with Crippen LogP contribution in [0, 0.1) is 23.2 Å². The number of rotatable bonds is 5.